The molecule has 1 heterocycles. The lowest BCUT2D eigenvalue weighted by molar-refractivity contribution is -0.902. The Morgan fingerprint density at radius 1 is 1.14 bits per heavy atom. The van der Waals surface area contributed by atoms with Crippen molar-refractivity contribution in [3.05, 3.63) is 53.5 Å². The maximum atomic E-state index is 12.3. The molecule has 7 heteroatoms. The number of amides is 1. The zero-order valence-corrected chi connectivity index (χ0v) is 17.9. The number of carbonyl (C=O) groups is 1. The molecule has 0 aliphatic heterocycles. The third kappa shape index (κ3) is 5.92. The van der Waals surface area contributed by atoms with Crippen LogP contribution in [0.2, 0.25) is 0 Å². The number of quaternary nitrogens is 1. The summed E-state index contributed by atoms with van der Waals surface area (Å²) in [6.45, 7) is 5.97. The van der Waals surface area contributed by atoms with Gasteiger partial charge in [0.05, 0.1) is 30.4 Å². The monoisotopic (exact) mass is 414 g/mol. The molecule has 29 heavy (non-hydrogen) atoms. The maximum absolute atomic E-state index is 12.3. The third-order valence-corrected chi connectivity index (χ3v) is 5.91. The topological polar surface area (TPSA) is 64.9 Å². The molecule has 1 unspecified atom stereocenters. The lowest BCUT2D eigenvalue weighted by Gasteiger charge is -2.19. The second-order valence-corrected chi connectivity index (χ2v) is 7.93. The lowest BCUT2D eigenvalue weighted by Crippen LogP contribution is -3.10. The number of nitrogens with one attached hydrogen (secondary N) is 2. The highest BCUT2D eigenvalue weighted by atomic mass is 32.1. The molecule has 0 aliphatic rings. The maximum Gasteiger partial charge on any atom is 0.275 e. The van der Waals surface area contributed by atoms with Crippen LogP contribution in [0.3, 0.4) is 0 Å². The fraction of sp³-hybridized carbons (Fsp3) is 0.364. The first-order valence-corrected chi connectivity index (χ1v) is 10.7. The molecule has 3 aromatic rings. The first-order chi connectivity index (χ1) is 14.1. The van der Waals surface area contributed by atoms with Gasteiger partial charge in [-0.05, 0) is 50.2 Å². The van der Waals surface area contributed by atoms with Gasteiger partial charge in [0.1, 0.15) is 24.1 Å². The molecule has 0 aliphatic carbocycles. The van der Waals surface area contributed by atoms with Crippen molar-refractivity contribution < 1.29 is 19.2 Å². The molecule has 2 atom stereocenters. The molecule has 1 amide bonds. The SMILES string of the molecule is CCOc1ccc(OCCNC(=O)C[NH+](C)[C@H](C)c2nc3ccccc3s2)cc1. The highest BCUT2D eigenvalue weighted by Crippen LogP contribution is 2.24. The Hall–Kier alpha value is -2.64. The van der Waals surface area contributed by atoms with E-state index in [9.17, 15) is 4.79 Å². The van der Waals surface area contributed by atoms with Crippen LogP contribution < -0.4 is 19.7 Å². The normalized spacial score (nSPS) is 13.1. The van der Waals surface area contributed by atoms with Crippen molar-refractivity contribution in [1.29, 1.82) is 0 Å². The van der Waals surface area contributed by atoms with Gasteiger partial charge in [-0.1, -0.05) is 12.1 Å². The van der Waals surface area contributed by atoms with Crippen LogP contribution >= 0.6 is 11.3 Å². The Balaban J connectivity index is 1.40. The molecule has 0 saturated carbocycles. The molecular formula is C22H28N3O3S+. The minimum absolute atomic E-state index is 0.00533. The first-order valence-electron chi connectivity index (χ1n) is 9.87. The average Bonchev–Trinajstić information content (AvgIpc) is 3.16. The van der Waals surface area contributed by atoms with Gasteiger partial charge in [0.2, 0.25) is 0 Å². The molecule has 3 rings (SSSR count). The second-order valence-electron chi connectivity index (χ2n) is 6.87. The summed E-state index contributed by atoms with van der Waals surface area (Å²) in [5.74, 6) is 1.59. The number of rotatable bonds is 10. The highest BCUT2D eigenvalue weighted by molar-refractivity contribution is 7.18. The van der Waals surface area contributed by atoms with Gasteiger partial charge in [-0.25, -0.2) is 4.98 Å². The van der Waals surface area contributed by atoms with Crippen LogP contribution in [0.1, 0.15) is 24.9 Å². The molecule has 0 saturated heterocycles. The van der Waals surface area contributed by atoms with Gasteiger partial charge in [0.15, 0.2) is 11.6 Å². The van der Waals surface area contributed by atoms with E-state index in [1.165, 1.54) is 4.70 Å². The highest BCUT2D eigenvalue weighted by Gasteiger charge is 2.21. The van der Waals surface area contributed by atoms with Crippen molar-refractivity contribution in [2.75, 3.05) is 33.4 Å². The summed E-state index contributed by atoms with van der Waals surface area (Å²) in [6.07, 6.45) is 0. The molecule has 0 bridgehead atoms. The van der Waals surface area contributed by atoms with E-state index in [0.717, 1.165) is 26.9 Å². The van der Waals surface area contributed by atoms with Gasteiger partial charge in [-0.2, -0.15) is 0 Å². The van der Waals surface area contributed by atoms with E-state index < -0.39 is 0 Å². The predicted octanol–water partition coefficient (Wildman–Crippen LogP) is 2.47. The molecule has 2 aromatic carbocycles. The second kappa shape index (κ2) is 10.2. The average molecular weight is 415 g/mol. The molecule has 154 valence electrons. The van der Waals surface area contributed by atoms with Gasteiger partial charge < -0.3 is 19.7 Å². The van der Waals surface area contributed by atoms with Crippen LogP contribution in [0.15, 0.2) is 48.5 Å². The quantitative estimate of drug-likeness (QED) is 0.500. The zero-order chi connectivity index (χ0) is 20.6. The summed E-state index contributed by atoms with van der Waals surface area (Å²) < 4.78 is 12.2. The van der Waals surface area contributed by atoms with Crippen molar-refractivity contribution in [2.24, 2.45) is 0 Å². The Labute approximate surface area is 175 Å². The van der Waals surface area contributed by atoms with Crippen molar-refractivity contribution in [3.63, 3.8) is 0 Å². The molecule has 1 aromatic heterocycles. The minimum atomic E-state index is 0.00533. The summed E-state index contributed by atoms with van der Waals surface area (Å²) in [7, 11) is 2.02. The number of fused-ring (bicyclic) bond motifs is 1. The van der Waals surface area contributed by atoms with E-state index >= 15 is 0 Å². The smallest absolute Gasteiger partial charge is 0.275 e. The summed E-state index contributed by atoms with van der Waals surface area (Å²) >= 11 is 1.69. The summed E-state index contributed by atoms with van der Waals surface area (Å²) in [5.41, 5.74) is 1.02. The summed E-state index contributed by atoms with van der Waals surface area (Å²) in [5, 5.41) is 3.97. The number of hydrogen-bond acceptors (Lipinski definition) is 5. The Bertz CT molecular complexity index is 893. The lowest BCUT2D eigenvalue weighted by atomic mass is 10.3. The number of thiazole rings is 1. The van der Waals surface area contributed by atoms with Gasteiger partial charge in [-0.3, -0.25) is 4.79 Å². The summed E-state index contributed by atoms with van der Waals surface area (Å²) in [4.78, 5) is 18.1. The largest absolute Gasteiger partial charge is 0.494 e. The number of likely N-dealkylation sites (N-methyl/N-ethyl adjacent to an activating group) is 1. The van der Waals surface area contributed by atoms with E-state index in [-0.39, 0.29) is 11.9 Å². The molecule has 2 N–H and O–H groups in total. The number of carbonyl (C=O) groups excluding carboxylic acids is 1. The van der Waals surface area contributed by atoms with Crippen molar-refractivity contribution in [2.45, 2.75) is 19.9 Å². The van der Waals surface area contributed by atoms with E-state index in [2.05, 4.69) is 18.3 Å². The van der Waals surface area contributed by atoms with Gasteiger partial charge >= 0.3 is 0 Å². The Kier molecular flexibility index (Phi) is 7.43. The number of aromatic nitrogens is 1. The molecule has 0 fully saturated rings. The van der Waals surface area contributed by atoms with Gasteiger partial charge in [-0.15, -0.1) is 11.3 Å². The van der Waals surface area contributed by atoms with Crippen molar-refractivity contribution >= 4 is 27.5 Å². The molecule has 6 nitrogen and oxygen atoms in total. The van der Waals surface area contributed by atoms with Crippen LogP contribution in [-0.2, 0) is 4.79 Å². The van der Waals surface area contributed by atoms with Crippen molar-refractivity contribution in [1.82, 2.24) is 10.3 Å². The minimum Gasteiger partial charge on any atom is -0.494 e. The van der Waals surface area contributed by atoms with Crippen molar-refractivity contribution in [3.8, 4) is 11.5 Å². The van der Waals surface area contributed by atoms with Crippen LogP contribution in [0, 0.1) is 0 Å². The Morgan fingerprint density at radius 2 is 1.83 bits per heavy atom. The standard InChI is InChI=1S/C22H27N3O3S/c1-4-27-17-9-11-18(12-10-17)28-14-13-23-21(26)15-25(3)16(2)22-24-19-7-5-6-8-20(19)29-22/h5-12,16H,4,13-15H2,1-3H3,(H,23,26)/p+1/t16-/m1/s1. The van der Waals surface area contributed by atoms with Crippen LogP contribution in [0.5, 0.6) is 11.5 Å². The Morgan fingerprint density at radius 3 is 2.52 bits per heavy atom. The molecule has 0 spiro atoms. The van der Waals surface area contributed by atoms with Crippen LogP contribution in [0.4, 0.5) is 0 Å². The number of benzene rings is 2. The van der Waals surface area contributed by atoms with E-state index in [1.54, 1.807) is 11.3 Å². The number of ether oxygens (including phenoxy) is 2. The fourth-order valence-electron chi connectivity index (χ4n) is 2.91. The zero-order valence-electron chi connectivity index (χ0n) is 17.1. The number of hydrogen-bond donors (Lipinski definition) is 2. The van der Waals surface area contributed by atoms with E-state index in [1.807, 2.05) is 56.4 Å². The summed E-state index contributed by atoms with van der Waals surface area (Å²) in [6, 6.07) is 15.7. The van der Waals surface area contributed by atoms with Crippen LogP contribution in [-0.4, -0.2) is 44.2 Å². The third-order valence-electron chi connectivity index (χ3n) is 4.69. The van der Waals surface area contributed by atoms with Crippen LogP contribution in [0.25, 0.3) is 10.2 Å². The molecule has 0 radical (unpaired) electrons. The number of nitrogens with zero attached hydrogens (tertiary/aromatic N) is 1. The van der Waals surface area contributed by atoms with Gasteiger partial charge in [0, 0.05) is 0 Å². The molecular weight excluding hydrogens is 386 g/mol. The fourth-order valence-corrected chi connectivity index (χ4v) is 4.03. The first kappa shape index (κ1) is 21.1. The van der Waals surface area contributed by atoms with Gasteiger partial charge in [0.25, 0.3) is 5.91 Å². The predicted molar refractivity (Wildman–Crippen MR) is 116 cm³/mol. The number of para-hydroxylation sites is 1. The van der Waals surface area contributed by atoms with E-state index in [0.29, 0.717) is 26.3 Å². The van der Waals surface area contributed by atoms with E-state index in [4.69, 9.17) is 14.5 Å².